The van der Waals surface area contributed by atoms with Gasteiger partial charge in [0.2, 0.25) is 44.7 Å². The Morgan fingerprint density at radius 1 is 0.534 bits per heavy atom. The lowest BCUT2D eigenvalue weighted by molar-refractivity contribution is -0.152. The van der Waals surface area contributed by atoms with Gasteiger partial charge in [0.05, 0.1) is 37.0 Å². The summed E-state index contributed by atoms with van der Waals surface area (Å²) in [5, 5.41) is 13.8. The fraction of sp³-hybridized carbons (Fsp3) is 0.338. The number of piperidine rings is 4. The van der Waals surface area contributed by atoms with Gasteiger partial charge in [-0.1, -0.05) is 59.8 Å². The number of carbonyl (C=O) groups is 15. The number of nitrogens with one attached hydrogen (secondary N) is 2. The summed E-state index contributed by atoms with van der Waals surface area (Å²) in [4.78, 5) is 182. The monoisotopic (exact) mass is 2410 g/mol. The van der Waals surface area contributed by atoms with E-state index in [2.05, 4.69) is 193 Å². The van der Waals surface area contributed by atoms with E-state index in [1.165, 1.54) is 26.2 Å². The molecular weight excluding hydrogens is 2340 g/mol. The fourth-order valence-electron chi connectivity index (χ4n) is 11.9. The summed E-state index contributed by atoms with van der Waals surface area (Å²) < 4.78 is 29.7. The Morgan fingerprint density at radius 3 is 1.28 bits per heavy atom. The molecule has 0 bridgehead atoms. The quantitative estimate of drug-likeness (QED) is 0.0288. The van der Waals surface area contributed by atoms with E-state index in [1.54, 1.807) is 79.1 Å². The first-order valence-corrected chi connectivity index (χ1v) is 44.6. The zero-order valence-electron chi connectivity index (χ0n) is 62.4. The molecule has 0 aromatic heterocycles. The average molecular weight is 2420 g/mol. The summed E-state index contributed by atoms with van der Waals surface area (Å²) >= 11 is 16.4. The second-order valence-corrected chi connectivity index (χ2v) is 36.3. The minimum absolute atomic E-state index is 0. The van der Waals surface area contributed by atoms with E-state index in [4.69, 9.17) is 19.8 Å². The van der Waals surface area contributed by atoms with Crippen LogP contribution < -0.4 is 16.4 Å². The number of aromatic carboxylic acids is 1. The SMILES string of the molecule is C.CC(C)(C)OC(=O)N1C(=O)CCC(N2Cc3c(I)cccc3C2=O)C1=O.CN1C(=O)CCC(N2Cc3c(I)cccc3C2=O)C1=O.COC(=O)c1cccc(I)c1C.COC(=O)c1cccc(I)c1CBr.Cc1c(I)cccc1C(=O)O.Cl.NC1CCC(=O)NC1=O.O=C1CCC(N2Cc3c(I)cccc3C2=O)C(=O)N1.O=S(Cl)Cl. The Kier molecular flexibility index (Phi) is 41.7. The van der Waals surface area contributed by atoms with Crippen LogP contribution in [0, 0.1) is 35.3 Å². The lowest BCUT2D eigenvalue weighted by atomic mass is 10.0. The molecule has 7 aliphatic heterocycles. The Balaban J connectivity index is 0.000000289. The number of esters is 2. The van der Waals surface area contributed by atoms with Gasteiger partial charge in [0.1, 0.15) is 23.7 Å². The molecule has 5 N–H and O–H groups in total. The number of rotatable bonds is 7. The van der Waals surface area contributed by atoms with Crippen molar-refractivity contribution < 1.29 is 95.4 Å². The van der Waals surface area contributed by atoms with Crippen molar-refractivity contribution in [2.24, 2.45) is 5.73 Å². The third-order valence-electron chi connectivity index (χ3n) is 17.8. The first-order valence-electron chi connectivity index (χ1n) is 34.2. The summed E-state index contributed by atoms with van der Waals surface area (Å²) in [6.07, 6.45) is 1.48. The van der Waals surface area contributed by atoms with Gasteiger partial charge in [-0.2, -0.15) is 4.90 Å². The Labute approximate surface area is 777 Å². The number of likely N-dealkylation sites (tertiary alicyclic amines) is 2. The van der Waals surface area contributed by atoms with Gasteiger partial charge in [-0.05, 0) is 302 Å². The Hall–Kier alpha value is -5.99. The third kappa shape index (κ3) is 27.3. The number of carboxylic acids is 1. The number of imide groups is 6. The van der Waals surface area contributed by atoms with Crippen LogP contribution in [0.3, 0.4) is 0 Å². The molecule has 13 rings (SSSR count). The molecule has 116 heavy (non-hydrogen) atoms. The first-order chi connectivity index (χ1) is 53.6. The molecule has 4 saturated heterocycles. The van der Waals surface area contributed by atoms with E-state index < -0.39 is 62.9 Å². The summed E-state index contributed by atoms with van der Waals surface area (Å²) in [6.45, 7) is 9.88. The number of halogens is 10. The second kappa shape index (κ2) is 47.3. The van der Waals surface area contributed by atoms with Crippen molar-refractivity contribution in [1.82, 2.24) is 35.1 Å². The molecule has 6 aromatic carbocycles. The largest absolute Gasteiger partial charge is 0.478 e. The predicted octanol–water partition coefficient (Wildman–Crippen LogP) is 13.7. The van der Waals surface area contributed by atoms with Crippen LogP contribution in [0.15, 0.2) is 109 Å². The predicted molar refractivity (Wildman–Crippen MR) is 489 cm³/mol. The first kappa shape index (κ1) is 102. The molecule has 12 amide bonds. The van der Waals surface area contributed by atoms with E-state index in [0.29, 0.717) is 95.3 Å². The van der Waals surface area contributed by atoms with E-state index in [9.17, 15) is 71.9 Å². The van der Waals surface area contributed by atoms with Crippen molar-refractivity contribution in [2.75, 3.05) is 21.3 Å². The highest BCUT2D eigenvalue weighted by molar-refractivity contribution is 14.1. The molecule has 6 aromatic rings. The van der Waals surface area contributed by atoms with Gasteiger partial charge in [-0.3, -0.25) is 68.3 Å². The number of fused-ring (bicyclic) bond motifs is 3. The highest BCUT2D eigenvalue weighted by Crippen LogP contribution is 2.35. The molecule has 624 valence electrons. The minimum atomic E-state index is -1.67. The summed E-state index contributed by atoms with van der Waals surface area (Å²) in [5.74, 6) is -4.87. The average Bonchev–Trinajstić information content (AvgIpc) is 1.62. The fourth-order valence-corrected chi connectivity index (χ4v) is 16.7. The molecule has 28 nitrogen and oxygen atoms in total. The maximum absolute atomic E-state index is 12.8. The van der Waals surface area contributed by atoms with Crippen LogP contribution >= 0.6 is 185 Å². The Morgan fingerprint density at radius 2 is 0.888 bits per heavy atom. The van der Waals surface area contributed by atoms with Crippen molar-refractivity contribution in [1.29, 1.82) is 0 Å². The number of alkyl halides is 1. The lowest BCUT2D eigenvalue weighted by Crippen LogP contribution is -2.57. The number of hydrogen-bond donors (Lipinski definition) is 4. The number of amides is 12. The maximum Gasteiger partial charge on any atom is 0.424 e. The normalized spacial score (nSPS) is 17.6. The topological polar surface area (TPSA) is 387 Å². The van der Waals surface area contributed by atoms with Gasteiger partial charge in [0.25, 0.3) is 29.5 Å². The highest BCUT2D eigenvalue weighted by Gasteiger charge is 2.47. The summed E-state index contributed by atoms with van der Waals surface area (Å²) in [7, 11) is 11.6. The Bertz CT molecular complexity index is 4830. The number of methoxy groups -OCH3 is 2. The smallest absolute Gasteiger partial charge is 0.424 e. The number of carboxylic acid groups (broad SMARTS) is 1. The van der Waals surface area contributed by atoms with Crippen LogP contribution in [0.2, 0.25) is 0 Å². The van der Waals surface area contributed by atoms with Crippen molar-refractivity contribution >= 4 is 283 Å². The van der Waals surface area contributed by atoms with Crippen molar-refractivity contribution in [2.45, 2.75) is 148 Å². The van der Waals surface area contributed by atoms with Crippen molar-refractivity contribution in [3.05, 3.63) is 197 Å². The van der Waals surface area contributed by atoms with Gasteiger partial charge >= 0.3 is 24.0 Å². The van der Waals surface area contributed by atoms with Gasteiger partial charge < -0.3 is 39.8 Å². The van der Waals surface area contributed by atoms with E-state index in [-0.39, 0.29) is 104 Å². The van der Waals surface area contributed by atoms with Gasteiger partial charge in [0.15, 0.2) is 0 Å². The van der Waals surface area contributed by atoms with Crippen LogP contribution in [0.4, 0.5) is 4.79 Å². The van der Waals surface area contributed by atoms with Gasteiger partial charge in [0, 0.05) is 117 Å². The number of nitrogens with two attached hydrogens (primary N) is 1. The number of carbonyl (C=O) groups excluding carboxylic acids is 14. The molecular formula is C77H80BrCl3I6N8O20S. The van der Waals surface area contributed by atoms with Crippen LogP contribution in [0.25, 0.3) is 0 Å². The van der Waals surface area contributed by atoms with Crippen molar-refractivity contribution in [3.63, 3.8) is 0 Å². The molecule has 7 aliphatic rings. The molecule has 7 heterocycles. The second-order valence-electron chi connectivity index (χ2n) is 26.3. The van der Waals surface area contributed by atoms with Crippen LogP contribution in [-0.4, -0.2) is 174 Å². The molecule has 0 radical (unpaired) electrons. The maximum atomic E-state index is 12.8. The van der Waals surface area contributed by atoms with Crippen molar-refractivity contribution in [3.8, 4) is 0 Å². The standard InChI is InChI=1S/C18H19IN2O5.C14H13IN2O3.C13H11IN2O3.C9H8BrIO2.C9H9IO2.C8H7IO2.C5H8N2O2.CH4.Cl2OS.ClH/c1-18(2,3)26-17(25)21-14(22)8-7-13(16(21)24)20-9-11-10(15(20)23)5-4-6-12(11)19;1-16-12(18)6-5-11(14(16)20)17-7-9-8(13(17)19)3-2-4-10(9)15;14-9-3-1-2-7-8(9)6-16(13(7)19)10-4-5-11(17)15-12(10)18;1-13-9(12)6-3-2-4-8(11)7(6)5-10;1-6-7(9(11)12-2)4-3-5-8(6)10;1-5-6(8(10)11)3-2-4-7(5)9;6-3-1-2-4(8)7-5(3)9;;1-4(2)3;/h4-6,13H,7-9H2,1-3H3;2-4,11H,5-7H2,1H3;1-3,10H,4-6H2,(H,15,17,18);2-4H,5H2,1H3;3-5H,1-2H3;2-4H,1H3,(H,10,11);3H,1-2,6H2,(H,7,8,9);1H4;;1H. The number of likely N-dealkylation sites (N-methyl/N-ethyl adjacent to an activating group) is 1. The molecule has 0 aliphatic carbocycles. The molecule has 4 fully saturated rings. The van der Waals surface area contributed by atoms with Crippen LogP contribution in [0.5, 0.6) is 0 Å². The van der Waals surface area contributed by atoms with Crippen LogP contribution in [0.1, 0.15) is 175 Å². The summed E-state index contributed by atoms with van der Waals surface area (Å²) in [5.41, 5.74) is 13.6. The minimum Gasteiger partial charge on any atom is -0.478 e. The van der Waals surface area contributed by atoms with Crippen LogP contribution in [-0.2, 0) is 86.8 Å². The molecule has 4 unspecified atom stereocenters. The molecule has 39 heteroatoms. The van der Waals surface area contributed by atoms with Gasteiger partial charge in [-0.25, -0.2) is 23.4 Å². The highest BCUT2D eigenvalue weighted by atomic mass is 127. The zero-order valence-corrected chi connectivity index (χ0v) is 80.1. The number of benzene rings is 6. The number of nitrogens with zero attached hydrogens (tertiary/aromatic N) is 5. The molecule has 0 saturated carbocycles. The summed E-state index contributed by atoms with van der Waals surface area (Å²) in [6, 6.07) is 30.6. The number of hydrogen-bond acceptors (Lipinski definition) is 20. The van der Waals surface area contributed by atoms with E-state index in [1.807, 2.05) is 74.5 Å². The number of ether oxygens (including phenoxy) is 3. The third-order valence-corrected chi connectivity index (χ3v) is 24.8. The van der Waals surface area contributed by atoms with Gasteiger partial charge in [-0.15, -0.1) is 12.4 Å². The zero-order chi connectivity index (χ0) is 85.1. The van der Waals surface area contributed by atoms with E-state index in [0.717, 1.165) is 59.7 Å². The lowest BCUT2D eigenvalue weighted by Gasteiger charge is -2.35. The molecule has 4 atom stereocenters. The molecule has 0 spiro atoms. The van der Waals surface area contributed by atoms with E-state index >= 15 is 0 Å².